The predicted molar refractivity (Wildman–Crippen MR) is 62.6 cm³/mol. The third-order valence-electron chi connectivity index (χ3n) is 3.52. The molecular formula is C12H9N5O3. The largest absolute Gasteiger partial charge is 0.305 e. The summed E-state index contributed by atoms with van der Waals surface area (Å²) in [5.41, 5.74) is -1.10. The SMILES string of the molecule is N#CC1(N2Cc3nccnc3C2=O)CCC(=O)NC1=O. The van der Waals surface area contributed by atoms with Gasteiger partial charge in [-0.3, -0.25) is 24.7 Å². The van der Waals surface area contributed by atoms with Gasteiger partial charge in [-0.2, -0.15) is 5.26 Å². The standard InChI is InChI=1S/C12H9N5O3/c13-6-12(2-1-8(18)16-11(12)20)17-5-7-9(10(17)19)15-4-3-14-7/h3-4H,1-2,5H2,(H,16,18,20). The number of nitriles is 1. The molecule has 8 heteroatoms. The predicted octanol–water partition coefficient (Wildman–Crippen LogP) is -0.869. The minimum Gasteiger partial charge on any atom is -0.305 e. The van der Waals surface area contributed by atoms with Crippen molar-refractivity contribution in [3.63, 3.8) is 0 Å². The molecule has 3 heterocycles. The maximum absolute atomic E-state index is 12.3. The van der Waals surface area contributed by atoms with Gasteiger partial charge in [0.1, 0.15) is 6.07 Å². The zero-order chi connectivity index (χ0) is 14.3. The Morgan fingerprint density at radius 2 is 2.05 bits per heavy atom. The number of fused-ring (bicyclic) bond motifs is 1. The molecule has 1 aromatic rings. The van der Waals surface area contributed by atoms with Gasteiger partial charge in [0.15, 0.2) is 5.69 Å². The minimum atomic E-state index is -1.67. The molecule has 3 amide bonds. The van der Waals surface area contributed by atoms with Crippen molar-refractivity contribution in [2.24, 2.45) is 0 Å². The summed E-state index contributed by atoms with van der Waals surface area (Å²) in [6.45, 7) is 0.0389. The first-order valence-electron chi connectivity index (χ1n) is 5.96. The van der Waals surface area contributed by atoms with E-state index in [9.17, 15) is 19.6 Å². The van der Waals surface area contributed by atoms with Gasteiger partial charge in [-0.25, -0.2) is 4.98 Å². The molecule has 100 valence electrons. The van der Waals surface area contributed by atoms with Crippen molar-refractivity contribution in [2.45, 2.75) is 24.9 Å². The van der Waals surface area contributed by atoms with E-state index in [0.29, 0.717) is 5.69 Å². The van der Waals surface area contributed by atoms with E-state index in [1.165, 1.54) is 12.4 Å². The van der Waals surface area contributed by atoms with Crippen molar-refractivity contribution in [1.82, 2.24) is 20.2 Å². The van der Waals surface area contributed by atoms with E-state index in [4.69, 9.17) is 0 Å². The van der Waals surface area contributed by atoms with Crippen LogP contribution in [-0.2, 0) is 16.1 Å². The van der Waals surface area contributed by atoms with Crippen LogP contribution in [-0.4, -0.2) is 38.1 Å². The summed E-state index contributed by atoms with van der Waals surface area (Å²) in [6.07, 6.45) is 2.82. The quantitative estimate of drug-likeness (QED) is 0.664. The van der Waals surface area contributed by atoms with Crippen molar-refractivity contribution in [3.8, 4) is 6.07 Å². The van der Waals surface area contributed by atoms with Crippen LogP contribution in [0.2, 0.25) is 0 Å². The zero-order valence-electron chi connectivity index (χ0n) is 10.3. The Bertz CT molecular complexity index is 680. The Hall–Kier alpha value is -2.82. The number of rotatable bonds is 1. The number of nitrogens with one attached hydrogen (secondary N) is 1. The first-order valence-corrected chi connectivity index (χ1v) is 5.96. The number of carbonyl (C=O) groups is 3. The van der Waals surface area contributed by atoms with Gasteiger partial charge in [0.05, 0.1) is 12.2 Å². The summed E-state index contributed by atoms with van der Waals surface area (Å²) in [5.74, 6) is -1.72. The molecule has 1 unspecified atom stereocenters. The van der Waals surface area contributed by atoms with Gasteiger partial charge in [-0.1, -0.05) is 0 Å². The van der Waals surface area contributed by atoms with Gasteiger partial charge < -0.3 is 4.90 Å². The molecule has 3 rings (SSSR count). The molecule has 0 saturated carbocycles. The van der Waals surface area contributed by atoms with E-state index in [1.54, 1.807) is 0 Å². The Kier molecular flexibility index (Phi) is 2.50. The molecule has 1 atom stereocenters. The minimum absolute atomic E-state index is 0.0142. The molecule has 8 nitrogen and oxygen atoms in total. The number of carbonyl (C=O) groups excluding carboxylic acids is 3. The van der Waals surface area contributed by atoms with E-state index in [1.807, 2.05) is 6.07 Å². The molecule has 20 heavy (non-hydrogen) atoms. The molecule has 1 saturated heterocycles. The van der Waals surface area contributed by atoms with Gasteiger partial charge in [0.2, 0.25) is 11.4 Å². The van der Waals surface area contributed by atoms with E-state index >= 15 is 0 Å². The number of piperidine rings is 1. The summed E-state index contributed by atoms with van der Waals surface area (Å²) < 4.78 is 0. The lowest BCUT2D eigenvalue weighted by Gasteiger charge is -2.36. The van der Waals surface area contributed by atoms with Crippen molar-refractivity contribution in [2.75, 3.05) is 0 Å². The fourth-order valence-electron chi connectivity index (χ4n) is 2.44. The van der Waals surface area contributed by atoms with Crippen molar-refractivity contribution in [1.29, 1.82) is 5.26 Å². The fourth-order valence-corrected chi connectivity index (χ4v) is 2.44. The Balaban J connectivity index is 2.01. The zero-order valence-corrected chi connectivity index (χ0v) is 10.3. The topological polar surface area (TPSA) is 116 Å². The second-order valence-electron chi connectivity index (χ2n) is 4.59. The number of hydrogen-bond donors (Lipinski definition) is 1. The number of hydrogen-bond acceptors (Lipinski definition) is 6. The first kappa shape index (κ1) is 12.2. The summed E-state index contributed by atoms with van der Waals surface area (Å²) in [4.78, 5) is 44.7. The Morgan fingerprint density at radius 1 is 1.30 bits per heavy atom. The van der Waals surface area contributed by atoms with Crippen LogP contribution in [0.1, 0.15) is 29.0 Å². The van der Waals surface area contributed by atoms with E-state index in [-0.39, 0.29) is 25.1 Å². The highest BCUT2D eigenvalue weighted by Gasteiger charge is 2.53. The monoisotopic (exact) mass is 271 g/mol. The summed E-state index contributed by atoms with van der Waals surface area (Å²) in [7, 11) is 0. The molecule has 1 aromatic heterocycles. The third kappa shape index (κ3) is 1.50. The van der Waals surface area contributed by atoms with E-state index < -0.39 is 23.3 Å². The van der Waals surface area contributed by atoms with Crippen LogP contribution in [0.15, 0.2) is 12.4 Å². The molecule has 0 radical (unpaired) electrons. The molecule has 2 aliphatic heterocycles. The second-order valence-corrected chi connectivity index (χ2v) is 4.59. The van der Waals surface area contributed by atoms with E-state index in [2.05, 4.69) is 15.3 Å². The number of nitrogens with zero attached hydrogens (tertiary/aromatic N) is 4. The molecule has 0 aromatic carbocycles. The lowest BCUT2D eigenvalue weighted by atomic mass is 9.88. The van der Waals surface area contributed by atoms with Gasteiger partial charge >= 0.3 is 0 Å². The molecule has 2 aliphatic rings. The third-order valence-corrected chi connectivity index (χ3v) is 3.52. The number of amides is 3. The number of imide groups is 1. The molecule has 1 fully saturated rings. The molecular weight excluding hydrogens is 262 g/mol. The highest BCUT2D eigenvalue weighted by Crippen LogP contribution is 2.32. The van der Waals surface area contributed by atoms with Gasteiger partial charge in [0.25, 0.3) is 11.8 Å². The molecule has 0 bridgehead atoms. The highest BCUT2D eigenvalue weighted by atomic mass is 16.2. The normalized spacial score (nSPS) is 25.1. The smallest absolute Gasteiger partial charge is 0.276 e. The summed E-state index contributed by atoms with van der Waals surface area (Å²) in [6, 6.07) is 1.88. The lowest BCUT2D eigenvalue weighted by Crippen LogP contribution is -2.62. The Morgan fingerprint density at radius 3 is 2.70 bits per heavy atom. The van der Waals surface area contributed by atoms with Crippen LogP contribution in [0.4, 0.5) is 0 Å². The van der Waals surface area contributed by atoms with Gasteiger partial charge in [0, 0.05) is 25.2 Å². The average Bonchev–Trinajstić information content (AvgIpc) is 2.78. The molecule has 0 aliphatic carbocycles. The average molecular weight is 271 g/mol. The highest BCUT2D eigenvalue weighted by molar-refractivity contribution is 6.08. The van der Waals surface area contributed by atoms with Crippen LogP contribution in [0.3, 0.4) is 0 Å². The van der Waals surface area contributed by atoms with E-state index in [0.717, 1.165) is 4.90 Å². The van der Waals surface area contributed by atoms with Crippen molar-refractivity contribution in [3.05, 3.63) is 23.8 Å². The second kappa shape index (κ2) is 4.09. The van der Waals surface area contributed by atoms with Crippen LogP contribution in [0.5, 0.6) is 0 Å². The molecule has 0 spiro atoms. The van der Waals surface area contributed by atoms with Crippen LogP contribution in [0.25, 0.3) is 0 Å². The van der Waals surface area contributed by atoms with Gasteiger partial charge in [-0.05, 0) is 0 Å². The summed E-state index contributed by atoms with van der Waals surface area (Å²) >= 11 is 0. The molecule has 1 N–H and O–H groups in total. The van der Waals surface area contributed by atoms with Crippen molar-refractivity contribution >= 4 is 17.7 Å². The van der Waals surface area contributed by atoms with Crippen LogP contribution < -0.4 is 5.32 Å². The van der Waals surface area contributed by atoms with Crippen LogP contribution >= 0.6 is 0 Å². The van der Waals surface area contributed by atoms with Crippen LogP contribution in [0, 0.1) is 11.3 Å². The maximum Gasteiger partial charge on any atom is 0.276 e. The van der Waals surface area contributed by atoms with Crippen molar-refractivity contribution < 1.29 is 14.4 Å². The fraction of sp³-hybridized carbons (Fsp3) is 0.333. The lowest BCUT2D eigenvalue weighted by molar-refractivity contribution is -0.140. The number of aromatic nitrogens is 2. The summed E-state index contributed by atoms with van der Waals surface area (Å²) in [5, 5.41) is 11.5. The van der Waals surface area contributed by atoms with Gasteiger partial charge in [-0.15, -0.1) is 0 Å². The first-order chi connectivity index (χ1) is 9.58. The maximum atomic E-state index is 12.3. The Labute approximate surface area is 113 Å².